The van der Waals surface area contributed by atoms with E-state index in [9.17, 15) is 14.9 Å². The molecule has 1 aromatic heterocycles. The number of aromatic nitrogens is 1. The molecule has 0 radical (unpaired) electrons. The zero-order chi connectivity index (χ0) is 18.1. The summed E-state index contributed by atoms with van der Waals surface area (Å²) in [6.45, 7) is 0.193. The van der Waals surface area contributed by atoms with Gasteiger partial charge in [-0.3, -0.25) is 20.2 Å². The Labute approximate surface area is 150 Å². The molecule has 0 spiro atoms. The van der Waals surface area contributed by atoms with Gasteiger partial charge in [0.2, 0.25) is 12.7 Å². The Morgan fingerprint density at radius 2 is 2.08 bits per heavy atom. The average Bonchev–Trinajstić information content (AvgIpc) is 3.24. The van der Waals surface area contributed by atoms with Crippen molar-refractivity contribution in [2.75, 3.05) is 12.1 Å². The Hall–Kier alpha value is -3.46. The van der Waals surface area contributed by atoms with Crippen LogP contribution < -0.4 is 14.8 Å². The molecule has 1 amide bonds. The lowest BCUT2D eigenvalue weighted by atomic mass is 10.2. The second-order valence-electron chi connectivity index (χ2n) is 5.36. The Morgan fingerprint density at radius 3 is 2.92 bits per heavy atom. The normalized spacial score (nSPS) is 12.6. The third kappa shape index (κ3) is 3.20. The van der Waals surface area contributed by atoms with Crippen molar-refractivity contribution in [3.05, 3.63) is 58.2 Å². The molecule has 0 atom stereocenters. The largest absolute Gasteiger partial charge is 0.454 e. The molecule has 0 fully saturated rings. The van der Waals surface area contributed by atoms with Crippen LogP contribution in [0, 0.1) is 10.1 Å². The number of thiazole rings is 1. The molecule has 2 heterocycles. The van der Waals surface area contributed by atoms with Crippen LogP contribution in [0.3, 0.4) is 0 Å². The van der Waals surface area contributed by atoms with Gasteiger partial charge in [0.25, 0.3) is 5.69 Å². The average molecular weight is 369 g/mol. The number of non-ortho nitro benzene ring substituents is 1. The minimum absolute atomic E-state index is 0.0123. The molecule has 0 unspecified atom stereocenters. The first-order valence-corrected chi connectivity index (χ1v) is 8.34. The maximum atomic E-state index is 12.1. The van der Waals surface area contributed by atoms with Crippen molar-refractivity contribution < 1.29 is 19.2 Å². The Bertz CT molecular complexity index is 1060. The second kappa shape index (κ2) is 6.45. The number of nitrogens with one attached hydrogen (secondary N) is 1. The quantitative estimate of drug-likeness (QED) is 0.428. The smallest absolute Gasteiger partial charge is 0.270 e. The van der Waals surface area contributed by atoms with Crippen LogP contribution >= 0.6 is 11.3 Å². The van der Waals surface area contributed by atoms with Gasteiger partial charge in [-0.1, -0.05) is 17.4 Å². The van der Waals surface area contributed by atoms with E-state index in [4.69, 9.17) is 9.47 Å². The van der Waals surface area contributed by atoms with Crippen LogP contribution in [-0.4, -0.2) is 22.6 Å². The van der Waals surface area contributed by atoms with E-state index in [0.29, 0.717) is 26.8 Å². The fourth-order valence-corrected chi connectivity index (χ4v) is 3.32. The highest BCUT2D eigenvalue weighted by Crippen LogP contribution is 2.33. The Morgan fingerprint density at radius 1 is 1.23 bits per heavy atom. The molecule has 1 N–H and O–H groups in total. The SMILES string of the molecule is O=C(C=Cc1ccc2c(c1)OCO2)Nc1nc2ccc([N+](=O)[O-])cc2s1. The highest BCUT2D eigenvalue weighted by molar-refractivity contribution is 7.22. The number of nitro groups is 1. The zero-order valence-corrected chi connectivity index (χ0v) is 14.0. The number of amides is 1. The molecule has 0 bridgehead atoms. The first kappa shape index (κ1) is 16.0. The number of carbonyl (C=O) groups excluding carboxylic acids is 1. The van der Waals surface area contributed by atoms with Crippen molar-refractivity contribution in [2.24, 2.45) is 0 Å². The molecule has 26 heavy (non-hydrogen) atoms. The van der Waals surface area contributed by atoms with Crippen molar-refractivity contribution in [1.29, 1.82) is 0 Å². The lowest BCUT2D eigenvalue weighted by Gasteiger charge is -1.98. The van der Waals surface area contributed by atoms with Gasteiger partial charge < -0.3 is 9.47 Å². The van der Waals surface area contributed by atoms with Crippen LogP contribution in [0.5, 0.6) is 11.5 Å². The van der Waals surface area contributed by atoms with E-state index in [-0.39, 0.29) is 18.4 Å². The fourth-order valence-electron chi connectivity index (χ4n) is 2.42. The van der Waals surface area contributed by atoms with Crippen LogP contribution in [0.1, 0.15) is 5.56 Å². The van der Waals surface area contributed by atoms with Crippen LogP contribution in [0.25, 0.3) is 16.3 Å². The first-order chi connectivity index (χ1) is 12.6. The van der Waals surface area contributed by atoms with E-state index in [0.717, 1.165) is 5.56 Å². The molecule has 0 saturated carbocycles. The van der Waals surface area contributed by atoms with E-state index in [1.165, 1.54) is 29.5 Å². The second-order valence-corrected chi connectivity index (χ2v) is 6.39. The summed E-state index contributed by atoms with van der Waals surface area (Å²) in [5, 5.41) is 13.8. The van der Waals surface area contributed by atoms with E-state index in [2.05, 4.69) is 10.3 Å². The number of rotatable bonds is 4. The van der Waals surface area contributed by atoms with Crippen molar-refractivity contribution in [1.82, 2.24) is 4.98 Å². The summed E-state index contributed by atoms with van der Waals surface area (Å²) in [4.78, 5) is 26.7. The standard InChI is InChI=1S/C17H11N3O5S/c21-16(6-2-10-1-5-13-14(7-10)25-9-24-13)19-17-18-12-4-3-11(20(22)23)8-15(12)26-17/h1-8H,9H2,(H,18,19,21). The van der Waals surface area contributed by atoms with E-state index >= 15 is 0 Å². The molecule has 2 aromatic carbocycles. The number of anilines is 1. The molecule has 4 rings (SSSR count). The molecule has 0 aliphatic carbocycles. The minimum atomic E-state index is -0.467. The molecular weight excluding hydrogens is 358 g/mol. The number of ether oxygens (including phenoxy) is 2. The van der Waals surface area contributed by atoms with Crippen molar-refractivity contribution in [3.8, 4) is 11.5 Å². The number of fused-ring (bicyclic) bond motifs is 2. The molecule has 9 heteroatoms. The summed E-state index contributed by atoms with van der Waals surface area (Å²) in [7, 11) is 0. The van der Waals surface area contributed by atoms with Crippen molar-refractivity contribution >= 4 is 44.4 Å². The number of nitrogens with zero attached hydrogens (tertiary/aromatic N) is 2. The minimum Gasteiger partial charge on any atom is -0.454 e. The number of benzene rings is 2. The fraction of sp³-hybridized carbons (Fsp3) is 0.0588. The van der Waals surface area contributed by atoms with Gasteiger partial charge in [-0.25, -0.2) is 4.98 Å². The summed E-state index contributed by atoms with van der Waals surface area (Å²) in [5.74, 6) is 0.965. The number of hydrogen-bond acceptors (Lipinski definition) is 7. The highest BCUT2D eigenvalue weighted by Gasteiger charge is 2.13. The van der Waals surface area contributed by atoms with Crippen LogP contribution in [0.2, 0.25) is 0 Å². The third-order valence-corrected chi connectivity index (χ3v) is 4.57. The summed E-state index contributed by atoms with van der Waals surface area (Å²) in [6, 6.07) is 9.75. The molecule has 8 nitrogen and oxygen atoms in total. The maximum Gasteiger partial charge on any atom is 0.270 e. The number of carbonyl (C=O) groups is 1. The third-order valence-electron chi connectivity index (χ3n) is 3.64. The van der Waals surface area contributed by atoms with Crippen LogP contribution in [-0.2, 0) is 4.79 Å². The predicted molar refractivity (Wildman–Crippen MR) is 96.5 cm³/mol. The van der Waals surface area contributed by atoms with E-state index < -0.39 is 4.92 Å². The molecule has 130 valence electrons. The van der Waals surface area contributed by atoms with Gasteiger partial charge in [0.1, 0.15) is 0 Å². The summed E-state index contributed by atoms with van der Waals surface area (Å²) in [6.07, 6.45) is 3.03. The number of hydrogen-bond donors (Lipinski definition) is 1. The molecule has 1 aliphatic rings. The van der Waals surface area contributed by atoms with Crippen LogP contribution in [0.15, 0.2) is 42.5 Å². The van der Waals surface area contributed by atoms with Gasteiger partial charge in [-0.05, 0) is 29.8 Å². The van der Waals surface area contributed by atoms with Crippen LogP contribution in [0.4, 0.5) is 10.8 Å². The van der Waals surface area contributed by atoms with Gasteiger partial charge in [0, 0.05) is 18.2 Å². The van der Waals surface area contributed by atoms with Gasteiger partial charge in [-0.15, -0.1) is 0 Å². The first-order valence-electron chi connectivity index (χ1n) is 7.52. The maximum absolute atomic E-state index is 12.1. The van der Waals surface area contributed by atoms with Gasteiger partial charge >= 0.3 is 0 Å². The van der Waals surface area contributed by atoms with E-state index in [1.54, 1.807) is 24.3 Å². The molecular formula is C17H11N3O5S. The summed E-state index contributed by atoms with van der Waals surface area (Å²) < 4.78 is 11.2. The van der Waals surface area contributed by atoms with Gasteiger partial charge in [0.15, 0.2) is 16.6 Å². The topological polar surface area (TPSA) is 104 Å². The highest BCUT2D eigenvalue weighted by atomic mass is 32.1. The van der Waals surface area contributed by atoms with Gasteiger partial charge in [-0.2, -0.15) is 0 Å². The summed E-state index contributed by atoms with van der Waals surface area (Å²) in [5.41, 5.74) is 1.38. The van der Waals surface area contributed by atoms with Crippen molar-refractivity contribution in [2.45, 2.75) is 0 Å². The van der Waals surface area contributed by atoms with Crippen molar-refractivity contribution in [3.63, 3.8) is 0 Å². The Kier molecular flexibility index (Phi) is 3.98. The molecule has 0 saturated heterocycles. The monoisotopic (exact) mass is 369 g/mol. The Balaban J connectivity index is 1.47. The number of nitro benzene ring substituents is 1. The van der Waals surface area contributed by atoms with E-state index in [1.807, 2.05) is 6.07 Å². The lowest BCUT2D eigenvalue weighted by Crippen LogP contribution is -2.07. The van der Waals surface area contributed by atoms with Gasteiger partial charge in [0.05, 0.1) is 15.1 Å². The predicted octanol–water partition coefficient (Wildman–Crippen LogP) is 3.59. The molecule has 1 aliphatic heterocycles. The summed E-state index contributed by atoms with van der Waals surface area (Å²) >= 11 is 1.18. The molecule has 3 aromatic rings. The zero-order valence-electron chi connectivity index (χ0n) is 13.2. The lowest BCUT2D eigenvalue weighted by molar-refractivity contribution is -0.384.